The van der Waals surface area contributed by atoms with Crippen molar-refractivity contribution in [2.24, 2.45) is 5.92 Å². The highest BCUT2D eigenvalue weighted by atomic mass is 16.2. The van der Waals surface area contributed by atoms with Crippen LogP contribution in [-0.2, 0) is 15.0 Å². The lowest BCUT2D eigenvalue weighted by Gasteiger charge is -2.42. The number of hydrogen-bond acceptors (Lipinski definition) is 2. The number of carbonyl (C=O) groups excluding carboxylic acids is 2. The minimum Gasteiger partial charge on any atom is -0.342 e. The summed E-state index contributed by atoms with van der Waals surface area (Å²) < 4.78 is 0. The Labute approximate surface area is 151 Å². The quantitative estimate of drug-likeness (QED) is 0.899. The fourth-order valence-corrected chi connectivity index (χ4v) is 4.53. The Balaban J connectivity index is 1.87. The highest BCUT2D eigenvalue weighted by molar-refractivity contribution is 5.90. The van der Waals surface area contributed by atoms with E-state index in [1.807, 2.05) is 24.3 Å². The Hall–Kier alpha value is -1.84. The molecule has 0 bridgehead atoms. The third-order valence-electron chi connectivity index (χ3n) is 5.82. The van der Waals surface area contributed by atoms with Gasteiger partial charge in [0.1, 0.15) is 0 Å². The summed E-state index contributed by atoms with van der Waals surface area (Å²) in [5.74, 6) is 0.852. The van der Waals surface area contributed by atoms with Crippen LogP contribution in [0, 0.1) is 5.92 Å². The number of amides is 2. The molecule has 25 heavy (non-hydrogen) atoms. The van der Waals surface area contributed by atoms with E-state index in [4.69, 9.17) is 0 Å². The van der Waals surface area contributed by atoms with Crippen LogP contribution in [0.2, 0.25) is 0 Å². The highest BCUT2D eigenvalue weighted by Gasteiger charge is 2.44. The molecule has 1 saturated heterocycles. The molecular formula is C21H30N2O2. The van der Waals surface area contributed by atoms with Crippen molar-refractivity contribution in [3.05, 3.63) is 29.8 Å². The molecule has 0 unspecified atom stereocenters. The smallest absolute Gasteiger partial charge is 0.233 e. The molecule has 0 spiro atoms. The average Bonchev–Trinajstić information content (AvgIpc) is 2.62. The van der Waals surface area contributed by atoms with E-state index in [0.717, 1.165) is 56.4 Å². The first-order valence-corrected chi connectivity index (χ1v) is 9.69. The molecule has 0 aromatic heterocycles. The van der Waals surface area contributed by atoms with Gasteiger partial charge in [0, 0.05) is 25.7 Å². The highest BCUT2D eigenvalue weighted by Crippen LogP contribution is 2.42. The molecule has 2 aliphatic rings. The van der Waals surface area contributed by atoms with Crippen LogP contribution in [0.3, 0.4) is 0 Å². The first-order valence-electron chi connectivity index (χ1n) is 9.69. The Morgan fingerprint density at radius 3 is 2.36 bits per heavy atom. The number of hydrogen-bond donors (Lipinski definition) is 1. The van der Waals surface area contributed by atoms with Gasteiger partial charge >= 0.3 is 0 Å². The normalized spacial score (nSPS) is 23.1. The first-order chi connectivity index (χ1) is 12.0. The van der Waals surface area contributed by atoms with Crippen molar-refractivity contribution >= 4 is 17.5 Å². The number of piperidine rings is 1. The maximum Gasteiger partial charge on any atom is 0.233 e. The molecule has 1 aliphatic carbocycles. The number of carbonyl (C=O) groups is 2. The van der Waals surface area contributed by atoms with E-state index in [1.165, 1.54) is 19.8 Å². The number of likely N-dealkylation sites (tertiary alicyclic amines) is 1. The predicted molar refractivity (Wildman–Crippen MR) is 100 cm³/mol. The third kappa shape index (κ3) is 3.88. The lowest BCUT2D eigenvalue weighted by molar-refractivity contribution is -0.140. The van der Waals surface area contributed by atoms with Crippen molar-refractivity contribution < 1.29 is 9.59 Å². The molecule has 4 heteroatoms. The SMILES string of the molecule is CC(=O)Nc1ccc(C2(C(=O)N3CCC[C@@H](C)C3)CCCCC2)cc1. The third-order valence-corrected chi connectivity index (χ3v) is 5.82. The Morgan fingerprint density at radius 2 is 1.76 bits per heavy atom. The van der Waals surface area contributed by atoms with Crippen LogP contribution in [0.4, 0.5) is 5.69 Å². The molecule has 2 fully saturated rings. The molecule has 3 rings (SSSR count). The zero-order valence-corrected chi connectivity index (χ0v) is 15.5. The Morgan fingerprint density at radius 1 is 1.08 bits per heavy atom. The molecule has 1 saturated carbocycles. The molecule has 2 amide bonds. The van der Waals surface area contributed by atoms with Gasteiger partial charge in [-0.2, -0.15) is 0 Å². The molecule has 1 aromatic rings. The van der Waals surface area contributed by atoms with Gasteiger partial charge in [0.2, 0.25) is 11.8 Å². The van der Waals surface area contributed by atoms with E-state index >= 15 is 0 Å². The molecule has 0 radical (unpaired) electrons. The molecule has 1 heterocycles. The van der Waals surface area contributed by atoms with E-state index in [2.05, 4.69) is 17.1 Å². The van der Waals surface area contributed by atoms with Gasteiger partial charge in [0.15, 0.2) is 0 Å². The number of nitrogens with one attached hydrogen (secondary N) is 1. The summed E-state index contributed by atoms with van der Waals surface area (Å²) in [5.41, 5.74) is 1.54. The minimum absolute atomic E-state index is 0.0708. The summed E-state index contributed by atoms with van der Waals surface area (Å²) in [7, 11) is 0. The molecule has 1 aliphatic heterocycles. The maximum atomic E-state index is 13.5. The van der Waals surface area contributed by atoms with Gasteiger partial charge < -0.3 is 10.2 Å². The second-order valence-corrected chi connectivity index (χ2v) is 7.90. The topological polar surface area (TPSA) is 49.4 Å². The molecule has 1 N–H and O–H groups in total. The van der Waals surface area contributed by atoms with Gasteiger partial charge in [-0.1, -0.05) is 38.3 Å². The van der Waals surface area contributed by atoms with Gasteiger partial charge in [-0.3, -0.25) is 9.59 Å². The van der Waals surface area contributed by atoms with Gasteiger partial charge in [-0.15, -0.1) is 0 Å². The summed E-state index contributed by atoms with van der Waals surface area (Å²) in [6.07, 6.45) is 7.67. The summed E-state index contributed by atoms with van der Waals surface area (Å²) >= 11 is 0. The largest absolute Gasteiger partial charge is 0.342 e. The van der Waals surface area contributed by atoms with E-state index in [-0.39, 0.29) is 11.3 Å². The second-order valence-electron chi connectivity index (χ2n) is 7.90. The van der Waals surface area contributed by atoms with Crippen LogP contribution in [0.1, 0.15) is 64.4 Å². The van der Waals surface area contributed by atoms with Crippen LogP contribution in [0.5, 0.6) is 0 Å². The average molecular weight is 342 g/mol. The maximum absolute atomic E-state index is 13.5. The van der Waals surface area contributed by atoms with E-state index in [1.54, 1.807) is 0 Å². The van der Waals surface area contributed by atoms with Crippen molar-refractivity contribution in [2.45, 2.75) is 64.2 Å². The van der Waals surface area contributed by atoms with Crippen molar-refractivity contribution in [1.82, 2.24) is 4.90 Å². The summed E-state index contributed by atoms with van der Waals surface area (Å²) in [5, 5.41) is 2.81. The fraction of sp³-hybridized carbons (Fsp3) is 0.619. The van der Waals surface area contributed by atoms with Gasteiger partial charge in [-0.05, 0) is 49.3 Å². The van der Waals surface area contributed by atoms with Crippen LogP contribution < -0.4 is 5.32 Å². The zero-order valence-electron chi connectivity index (χ0n) is 15.5. The van der Waals surface area contributed by atoms with Crippen LogP contribution in [0.25, 0.3) is 0 Å². The monoisotopic (exact) mass is 342 g/mol. The fourth-order valence-electron chi connectivity index (χ4n) is 4.53. The lowest BCUT2D eigenvalue weighted by Crippen LogP contribution is -2.51. The molecule has 1 aromatic carbocycles. The first kappa shape index (κ1) is 18.0. The van der Waals surface area contributed by atoms with E-state index in [9.17, 15) is 9.59 Å². The van der Waals surface area contributed by atoms with Crippen molar-refractivity contribution in [2.75, 3.05) is 18.4 Å². The van der Waals surface area contributed by atoms with Crippen LogP contribution >= 0.6 is 0 Å². The molecular weight excluding hydrogens is 312 g/mol. The second kappa shape index (κ2) is 7.59. The zero-order chi connectivity index (χ0) is 17.9. The minimum atomic E-state index is -0.371. The van der Waals surface area contributed by atoms with Crippen molar-refractivity contribution in [1.29, 1.82) is 0 Å². The van der Waals surface area contributed by atoms with Gasteiger partial charge in [0.05, 0.1) is 5.41 Å². The molecule has 136 valence electrons. The Bertz CT molecular complexity index is 617. The van der Waals surface area contributed by atoms with Gasteiger partial charge in [-0.25, -0.2) is 0 Å². The summed E-state index contributed by atoms with van der Waals surface area (Å²) in [6, 6.07) is 7.95. The lowest BCUT2D eigenvalue weighted by atomic mass is 9.68. The number of benzene rings is 1. The predicted octanol–water partition coefficient (Wildman–Crippen LogP) is 4.11. The van der Waals surface area contributed by atoms with Crippen LogP contribution in [-0.4, -0.2) is 29.8 Å². The Kier molecular flexibility index (Phi) is 5.45. The number of rotatable bonds is 3. The standard InChI is InChI=1S/C21H30N2O2/c1-16-7-6-14-23(15-16)20(25)21(12-4-3-5-13-21)18-8-10-19(11-9-18)22-17(2)24/h8-11,16H,3-7,12-15H2,1-2H3,(H,22,24)/t16-/m1/s1. The molecule has 4 nitrogen and oxygen atoms in total. The summed E-state index contributed by atoms with van der Waals surface area (Å²) in [4.78, 5) is 26.9. The van der Waals surface area contributed by atoms with Crippen molar-refractivity contribution in [3.8, 4) is 0 Å². The van der Waals surface area contributed by atoms with Crippen molar-refractivity contribution in [3.63, 3.8) is 0 Å². The van der Waals surface area contributed by atoms with E-state index < -0.39 is 0 Å². The van der Waals surface area contributed by atoms with E-state index in [0.29, 0.717) is 11.8 Å². The van der Waals surface area contributed by atoms with Gasteiger partial charge in [0.25, 0.3) is 0 Å². The van der Waals surface area contributed by atoms with Crippen LogP contribution in [0.15, 0.2) is 24.3 Å². The molecule has 1 atom stereocenters. The number of nitrogens with zero attached hydrogens (tertiary/aromatic N) is 1. The summed E-state index contributed by atoms with van der Waals surface area (Å²) in [6.45, 7) is 5.55. The number of anilines is 1.